The molecule has 1 aromatic heterocycles. The molecule has 0 spiro atoms. The lowest BCUT2D eigenvalue weighted by Gasteiger charge is -2.30. The number of piperidine rings is 1. The predicted molar refractivity (Wildman–Crippen MR) is 83.9 cm³/mol. The Hall–Kier alpha value is -1.65. The second-order valence-electron chi connectivity index (χ2n) is 6.08. The quantitative estimate of drug-likeness (QED) is 0.937. The van der Waals surface area contributed by atoms with Crippen molar-refractivity contribution in [2.24, 2.45) is 5.92 Å². The van der Waals surface area contributed by atoms with Gasteiger partial charge in [-0.2, -0.15) is 0 Å². The molecular weight excluding hydrogens is 281 g/mol. The number of furan rings is 1. The highest BCUT2D eigenvalue weighted by molar-refractivity contribution is 5.62. The fourth-order valence-electron chi connectivity index (χ4n) is 3.03. The maximum absolute atomic E-state index is 13.6. The van der Waals surface area contributed by atoms with Crippen molar-refractivity contribution in [3.05, 3.63) is 47.5 Å². The molecule has 3 nitrogen and oxygen atoms in total. The SMILES string of the molecule is Cc1c(F)cccc1-c1ccc(CN2CCC(CO)CC2)o1. The molecule has 118 valence electrons. The van der Waals surface area contributed by atoms with E-state index in [4.69, 9.17) is 4.42 Å². The molecule has 1 aliphatic rings. The molecule has 0 amide bonds. The predicted octanol–water partition coefficient (Wildman–Crippen LogP) is 3.60. The summed E-state index contributed by atoms with van der Waals surface area (Å²) >= 11 is 0. The smallest absolute Gasteiger partial charge is 0.134 e. The van der Waals surface area contributed by atoms with Crippen molar-refractivity contribution in [2.45, 2.75) is 26.3 Å². The first-order valence-electron chi connectivity index (χ1n) is 7.85. The molecule has 2 heterocycles. The maximum Gasteiger partial charge on any atom is 0.134 e. The maximum atomic E-state index is 13.6. The van der Waals surface area contributed by atoms with Gasteiger partial charge in [0, 0.05) is 12.2 Å². The highest BCUT2D eigenvalue weighted by Crippen LogP contribution is 2.28. The normalized spacial score (nSPS) is 17.0. The Kier molecular flexibility index (Phi) is 4.60. The Morgan fingerprint density at radius 2 is 2.00 bits per heavy atom. The number of halogens is 1. The molecule has 0 saturated carbocycles. The van der Waals surface area contributed by atoms with E-state index in [-0.39, 0.29) is 12.4 Å². The number of hydrogen-bond acceptors (Lipinski definition) is 3. The minimum atomic E-state index is -0.207. The lowest BCUT2D eigenvalue weighted by atomic mass is 9.98. The van der Waals surface area contributed by atoms with E-state index in [1.54, 1.807) is 13.0 Å². The Labute approximate surface area is 130 Å². The van der Waals surface area contributed by atoms with Gasteiger partial charge in [0.1, 0.15) is 17.3 Å². The topological polar surface area (TPSA) is 36.6 Å². The summed E-state index contributed by atoms with van der Waals surface area (Å²) in [5, 5.41) is 9.18. The van der Waals surface area contributed by atoms with E-state index >= 15 is 0 Å². The van der Waals surface area contributed by atoms with Gasteiger partial charge in [-0.15, -0.1) is 0 Å². The Morgan fingerprint density at radius 3 is 2.73 bits per heavy atom. The first-order chi connectivity index (χ1) is 10.7. The number of hydrogen-bond donors (Lipinski definition) is 1. The number of aliphatic hydroxyl groups is 1. The van der Waals surface area contributed by atoms with Gasteiger partial charge in [-0.3, -0.25) is 4.90 Å². The summed E-state index contributed by atoms with van der Waals surface area (Å²) < 4.78 is 19.5. The van der Waals surface area contributed by atoms with Gasteiger partial charge in [0.05, 0.1) is 6.54 Å². The van der Waals surface area contributed by atoms with Crippen LogP contribution in [0, 0.1) is 18.7 Å². The summed E-state index contributed by atoms with van der Waals surface area (Å²) in [6.07, 6.45) is 2.07. The molecule has 1 saturated heterocycles. The molecule has 0 bridgehead atoms. The molecule has 3 rings (SSSR count). The molecule has 22 heavy (non-hydrogen) atoms. The molecule has 0 radical (unpaired) electrons. The van der Waals surface area contributed by atoms with Crippen LogP contribution in [0.4, 0.5) is 4.39 Å². The number of nitrogens with zero attached hydrogens (tertiary/aromatic N) is 1. The number of rotatable bonds is 4. The van der Waals surface area contributed by atoms with Crippen LogP contribution in [0.3, 0.4) is 0 Å². The molecule has 4 heteroatoms. The highest BCUT2D eigenvalue weighted by atomic mass is 19.1. The average molecular weight is 303 g/mol. The van der Waals surface area contributed by atoms with E-state index < -0.39 is 0 Å². The van der Waals surface area contributed by atoms with Crippen molar-refractivity contribution < 1.29 is 13.9 Å². The van der Waals surface area contributed by atoms with E-state index in [1.807, 2.05) is 18.2 Å². The van der Waals surface area contributed by atoms with Crippen LogP contribution < -0.4 is 0 Å². The Balaban J connectivity index is 1.68. The van der Waals surface area contributed by atoms with Gasteiger partial charge in [0.15, 0.2) is 0 Å². The number of aliphatic hydroxyl groups excluding tert-OH is 1. The van der Waals surface area contributed by atoms with Crippen LogP contribution >= 0.6 is 0 Å². The zero-order chi connectivity index (χ0) is 15.5. The van der Waals surface area contributed by atoms with E-state index in [1.165, 1.54) is 6.07 Å². The van der Waals surface area contributed by atoms with E-state index in [9.17, 15) is 9.50 Å². The van der Waals surface area contributed by atoms with Crippen molar-refractivity contribution in [1.82, 2.24) is 4.90 Å². The van der Waals surface area contributed by atoms with Gasteiger partial charge in [0.2, 0.25) is 0 Å². The Morgan fingerprint density at radius 1 is 1.23 bits per heavy atom. The average Bonchev–Trinajstić information content (AvgIpc) is 2.99. The second-order valence-corrected chi connectivity index (χ2v) is 6.08. The molecule has 0 unspecified atom stereocenters. The van der Waals surface area contributed by atoms with Crippen molar-refractivity contribution >= 4 is 0 Å². The molecule has 2 aromatic rings. The zero-order valence-corrected chi connectivity index (χ0v) is 12.9. The third-order valence-corrected chi connectivity index (χ3v) is 4.54. The van der Waals surface area contributed by atoms with Gasteiger partial charge >= 0.3 is 0 Å². The summed E-state index contributed by atoms with van der Waals surface area (Å²) in [5.41, 5.74) is 1.43. The number of benzene rings is 1. The zero-order valence-electron chi connectivity index (χ0n) is 12.9. The van der Waals surface area contributed by atoms with Gasteiger partial charge in [-0.05, 0) is 62.5 Å². The third-order valence-electron chi connectivity index (χ3n) is 4.54. The van der Waals surface area contributed by atoms with Crippen LogP contribution in [0.5, 0.6) is 0 Å². The van der Waals surface area contributed by atoms with E-state index in [0.717, 1.165) is 49.6 Å². The lowest BCUT2D eigenvalue weighted by Crippen LogP contribution is -2.34. The molecule has 1 N–H and O–H groups in total. The van der Waals surface area contributed by atoms with Gasteiger partial charge in [-0.25, -0.2) is 4.39 Å². The molecule has 1 aliphatic heterocycles. The fourth-order valence-corrected chi connectivity index (χ4v) is 3.03. The van der Waals surface area contributed by atoms with Crippen molar-refractivity contribution in [1.29, 1.82) is 0 Å². The molecule has 1 fully saturated rings. The summed E-state index contributed by atoms with van der Waals surface area (Å²) in [6.45, 7) is 4.80. The van der Waals surface area contributed by atoms with Crippen molar-refractivity contribution in [2.75, 3.05) is 19.7 Å². The monoisotopic (exact) mass is 303 g/mol. The summed E-state index contributed by atoms with van der Waals surface area (Å²) in [5.74, 6) is 1.86. The largest absolute Gasteiger partial charge is 0.460 e. The minimum Gasteiger partial charge on any atom is -0.460 e. The van der Waals surface area contributed by atoms with Crippen LogP contribution in [0.15, 0.2) is 34.7 Å². The summed E-state index contributed by atoms with van der Waals surface area (Å²) in [6, 6.07) is 8.94. The lowest BCUT2D eigenvalue weighted by molar-refractivity contribution is 0.122. The molecule has 0 atom stereocenters. The van der Waals surface area contributed by atoms with Crippen LogP contribution in [-0.2, 0) is 6.54 Å². The highest BCUT2D eigenvalue weighted by Gasteiger charge is 2.19. The van der Waals surface area contributed by atoms with Crippen LogP contribution in [0.1, 0.15) is 24.2 Å². The van der Waals surface area contributed by atoms with E-state index in [0.29, 0.717) is 11.5 Å². The number of likely N-dealkylation sites (tertiary alicyclic amines) is 1. The Bertz CT molecular complexity index is 630. The first-order valence-corrected chi connectivity index (χ1v) is 7.85. The summed E-state index contributed by atoms with van der Waals surface area (Å²) in [4.78, 5) is 2.34. The van der Waals surface area contributed by atoms with Gasteiger partial charge in [-0.1, -0.05) is 12.1 Å². The van der Waals surface area contributed by atoms with Crippen molar-refractivity contribution in [3.63, 3.8) is 0 Å². The second kappa shape index (κ2) is 6.63. The summed E-state index contributed by atoms with van der Waals surface area (Å²) in [7, 11) is 0. The molecule has 0 aliphatic carbocycles. The van der Waals surface area contributed by atoms with Crippen molar-refractivity contribution in [3.8, 4) is 11.3 Å². The fraction of sp³-hybridized carbons (Fsp3) is 0.444. The van der Waals surface area contributed by atoms with Crippen LogP contribution in [-0.4, -0.2) is 29.7 Å². The third kappa shape index (κ3) is 3.23. The van der Waals surface area contributed by atoms with Crippen LogP contribution in [0.25, 0.3) is 11.3 Å². The van der Waals surface area contributed by atoms with Crippen LogP contribution in [0.2, 0.25) is 0 Å². The van der Waals surface area contributed by atoms with E-state index in [2.05, 4.69) is 4.90 Å². The standard InChI is InChI=1S/C18H22FNO2/c1-13-16(3-2-4-17(13)19)18-6-5-15(22-18)11-20-9-7-14(12-21)8-10-20/h2-6,14,21H,7-12H2,1H3. The van der Waals surface area contributed by atoms with Gasteiger partial charge < -0.3 is 9.52 Å². The minimum absolute atomic E-state index is 0.207. The van der Waals surface area contributed by atoms with Gasteiger partial charge in [0.25, 0.3) is 0 Å². The first kappa shape index (κ1) is 15.3. The molecular formula is C18H22FNO2. The molecule has 1 aromatic carbocycles.